The minimum Gasteiger partial charge on any atom is -0.497 e. The van der Waals surface area contributed by atoms with E-state index < -0.39 is 0 Å². The largest absolute Gasteiger partial charge is 0.497 e. The van der Waals surface area contributed by atoms with Crippen molar-refractivity contribution in [3.05, 3.63) is 60.2 Å². The number of methoxy groups -OCH3 is 2. The summed E-state index contributed by atoms with van der Waals surface area (Å²) >= 11 is 0. The molecule has 136 valence electrons. The van der Waals surface area contributed by atoms with E-state index in [1.54, 1.807) is 20.3 Å². The average molecular weight is 352 g/mol. The first-order chi connectivity index (χ1) is 12.7. The van der Waals surface area contributed by atoms with Gasteiger partial charge in [0, 0.05) is 44.0 Å². The number of amides is 1. The third-order valence-electron chi connectivity index (χ3n) is 4.52. The van der Waals surface area contributed by atoms with Crippen LogP contribution in [0.4, 0.5) is 5.69 Å². The van der Waals surface area contributed by atoms with Crippen molar-refractivity contribution in [2.24, 2.45) is 0 Å². The molecule has 2 aromatic rings. The van der Waals surface area contributed by atoms with Gasteiger partial charge in [-0.15, -0.1) is 0 Å². The number of hydrogen-bond acceptors (Lipinski definition) is 4. The van der Waals surface area contributed by atoms with E-state index in [0.29, 0.717) is 13.1 Å². The Morgan fingerprint density at radius 1 is 0.923 bits per heavy atom. The molecule has 1 aliphatic heterocycles. The molecule has 0 atom stereocenters. The lowest BCUT2D eigenvalue weighted by molar-refractivity contribution is -0.126. The van der Waals surface area contributed by atoms with Gasteiger partial charge in [-0.3, -0.25) is 4.79 Å². The topological polar surface area (TPSA) is 42.0 Å². The molecule has 0 aromatic heterocycles. The highest BCUT2D eigenvalue weighted by molar-refractivity contribution is 5.92. The summed E-state index contributed by atoms with van der Waals surface area (Å²) in [4.78, 5) is 16.6. The Kier molecular flexibility index (Phi) is 5.79. The molecule has 1 saturated heterocycles. The normalized spacial score (nSPS) is 14.5. The van der Waals surface area contributed by atoms with Crippen molar-refractivity contribution in [3.8, 4) is 11.5 Å². The van der Waals surface area contributed by atoms with Crippen molar-refractivity contribution in [1.29, 1.82) is 0 Å². The highest BCUT2D eigenvalue weighted by Gasteiger charge is 2.20. The van der Waals surface area contributed by atoms with Crippen LogP contribution in [-0.2, 0) is 4.79 Å². The van der Waals surface area contributed by atoms with Crippen LogP contribution in [0.1, 0.15) is 5.56 Å². The smallest absolute Gasteiger partial charge is 0.246 e. The Hall–Kier alpha value is -2.95. The number of hydrogen-bond donors (Lipinski definition) is 0. The molecule has 0 unspecified atom stereocenters. The van der Waals surface area contributed by atoms with Gasteiger partial charge in [0.25, 0.3) is 0 Å². The second kappa shape index (κ2) is 8.43. The molecule has 3 rings (SSSR count). The lowest BCUT2D eigenvalue weighted by Crippen LogP contribution is -2.48. The summed E-state index contributed by atoms with van der Waals surface area (Å²) in [7, 11) is 3.31. The first kappa shape index (κ1) is 17.9. The van der Waals surface area contributed by atoms with E-state index in [2.05, 4.69) is 11.0 Å². The summed E-state index contributed by atoms with van der Waals surface area (Å²) in [5, 5.41) is 0. The maximum atomic E-state index is 12.4. The first-order valence-corrected chi connectivity index (χ1v) is 8.69. The van der Waals surface area contributed by atoms with Crippen LogP contribution in [0.3, 0.4) is 0 Å². The molecule has 0 radical (unpaired) electrons. The van der Waals surface area contributed by atoms with Gasteiger partial charge in [0.05, 0.1) is 14.2 Å². The van der Waals surface area contributed by atoms with Gasteiger partial charge >= 0.3 is 0 Å². The first-order valence-electron chi connectivity index (χ1n) is 8.69. The van der Waals surface area contributed by atoms with Crippen molar-refractivity contribution in [3.63, 3.8) is 0 Å². The van der Waals surface area contributed by atoms with E-state index in [9.17, 15) is 4.79 Å². The van der Waals surface area contributed by atoms with Gasteiger partial charge in [0.2, 0.25) is 5.91 Å². The fourth-order valence-corrected chi connectivity index (χ4v) is 3.01. The number of rotatable bonds is 5. The summed E-state index contributed by atoms with van der Waals surface area (Å²) in [6.45, 7) is 3.04. The van der Waals surface area contributed by atoms with E-state index in [0.717, 1.165) is 35.8 Å². The maximum absolute atomic E-state index is 12.4. The zero-order chi connectivity index (χ0) is 18.4. The quantitative estimate of drug-likeness (QED) is 0.776. The number of benzene rings is 2. The number of anilines is 1. The molecule has 1 aliphatic rings. The van der Waals surface area contributed by atoms with Crippen LogP contribution in [0, 0.1) is 0 Å². The van der Waals surface area contributed by atoms with Crippen LogP contribution in [-0.4, -0.2) is 51.2 Å². The van der Waals surface area contributed by atoms with Gasteiger partial charge < -0.3 is 19.3 Å². The van der Waals surface area contributed by atoms with Crippen molar-refractivity contribution in [1.82, 2.24) is 4.90 Å². The van der Waals surface area contributed by atoms with Crippen molar-refractivity contribution in [2.45, 2.75) is 0 Å². The highest BCUT2D eigenvalue weighted by Crippen LogP contribution is 2.22. The molecule has 0 spiro atoms. The summed E-state index contributed by atoms with van der Waals surface area (Å²) < 4.78 is 10.5. The molecular formula is C21H24N2O3. The van der Waals surface area contributed by atoms with E-state index in [4.69, 9.17) is 9.47 Å². The molecule has 5 heteroatoms. The lowest BCUT2D eigenvalue weighted by Gasteiger charge is -2.35. The van der Waals surface area contributed by atoms with Crippen LogP contribution >= 0.6 is 0 Å². The van der Waals surface area contributed by atoms with Crippen LogP contribution in [0.25, 0.3) is 6.08 Å². The van der Waals surface area contributed by atoms with Crippen LogP contribution < -0.4 is 14.4 Å². The van der Waals surface area contributed by atoms with Crippen molar-refractivity contribution in [2.75, 3.05) is 45.3 Å². The Morgan fingerprint density at radius 3 is 2.27 bits per heavy atom. The zero-order valence-electron chi connectivity index (χ0n) is 15.2. The monoisotopic (exact) mass is 352 g/mol. The number of carbonyl (C=O) groups excluding carboxylic acids is 1. The van der Waals surface area contributed by atoms with Crippen LogP contribution in [0.2, 0.25) is 0 Å². The zero-order valence-corrected chi connectivity index (χ0v) is 15.2. The molecule has 0 saturated carbocycles. The minimum absolute atomic E-state index is 0.0399. The number of ether oxygens (including phenoxy) is 2. The number of carbonyl (C=O) groups is 1. The lowest BCUT2D eigenvalue weighted by atomic mass is 10.2. The second-order valence-corrected chi connectivity index (χ2v) is 6.12. The Labute approximate surface area is 154 Å². The fraction of sp³-hybridized carbons (Fsp3) is 0.286. The van der Waals surface area contributed by atoms with Gasteiger partial charge in [-0.05, 0) is 35.9 Å². The summed E-state index contributed by atoms with van der Waals surface area (Å²) in [6, 6.07) is 15.7. The molecule has 0 aliphatic carbocycles. The molecule has 1 amide bonds. The second-order valence-electron chi connectivity index (χ2n) is 6.12. The molecular weight excluding hydrogens is 328 g/mol. The van der Waals surface area contributed by atoms with Gasteiger partial charge in [-0.25, -0.2) is 0 Å². The molecule has 1 fully saturated rings. The summed E-state index contributed by atoms with van der Waals surface area (Å²) in [5.41, 5.74) is 2.08. The maximum Gasteiger partial charge on any atom is 0.246 e. The molecule has 26 heavy (non-hydrogen) atoms. The third-order valence-corrected chi connectivity index (χ3v) is 4.52. The Morgan fingerprint density at radius 2 is 1.58 bits per heavy atom. The van der Waals surface area contributed by atoms with E-state index in [1.807, 2.05) is 53.4 Å². The van der Waals surface area contributed by atoms with Gasteiger partial charge in [0.1, 0.15) is 11.5 Å². The number of piperazine rings is 1. The fourth-order valence-electron chi connectivity index (χ4n) is 3.01. The SMILES string of the molecule is COc1cccc(/C=C/C(=O)N2CCN(c3cccc(OC)c3)CC2)c1. The minimum atomic E-state index is 0.0399. The van der Waals surface area contributed by atoms with Gasteiger partial charge in [0.15, 0.2) is 0 Å². The molecule has 5 nitrogen and oxygen atoms in total. The van der Waals surface area contributed by atoms with E-state index >= 15 is 0 Å². The predicted molar refractivity (Wildman–Crippen MR) is 104 cm³/mol. The molecule has 2 aromatic carbocycles. The van der Waals surface area contributed by atoms with Gasteiger partial charge in [-0.2, -0.15) is 0 Å². The standard InChI is InChI=1S/C21H24N2O3/c1-25-19-7-3-5-17(15-19)9-10-21(24)23-13-11-22(12-14-23)18-6-4-8-20(16-18)26-2/h3-10,15-16H,11-14H2,1-2H3/b10-9+. The Bertz CT molecular complexity index is 780. The number of nitrogens with zero attached hydrogens (tertiary/aromatic N) is 2. The average Bonchev–Trinajstić information content (AvgIpc) is 2.72. The highest BCUT2D eigenvalue weighted by atomic mass is 16.5. The van der Waals surface area contributed by atoms with E-state index in [1.165, 1.54) is 0 Å². The summed E-state index contributed by atoms with van der Waals surface area (Å²) in [6.07, 6.45) is 3.47. The van der Waals surface area contributed by atoms with Crippen molar-refractivity contribution >= 4 is 17.7 Å². The van der Waals surface area contributed by atoms with E-state index in [-0.39, 0.29) is 5.91 Å². The van der Waals surface area contributed by atoms with Crippen LogP contribution in [0.15, 0.2) is 54.6 Å². The van der Waals surface area contributed by atoms with Crippen LogP contribution in [0.5, 0.6) is 11.5 Å². The van der Waals surface area contributed by atoms with Crippen molar-refractivity contribution < 1.29 is 14.3 Å². The summed E-state index contributed by atoms with van der Waals surface area (Å²) in [5.74, 6) is 1.67. The Balaban J connectivity index is 1.57. The molecule has 0 bridgehead atoms. The molecule has 1 heterocycles. The van der Waals surface area contributed by atoms with Gasteiger partial charge in [-0.1, -0.05) is 18.2 Å². The molecule has 0 N–H and O–H groups in total. The predicted octanol–water partition coefficient (Wildman–Crippen LogP) is 3.07. The third kappa shape index (κ3) is 4.36.